The second-order valence-corrected chi connectivity index (χ2v) is 10.2. The van der Waals surface area contributed by atoms with E-state index in [1.165, 1.54) is 32.2 Å². The largest absolute Gasteiger partial charge is 0.495 e. The van der Waals surface area contributed by atoms with Crippen molar-refractivity contribution >= 4 is 31.5 Å². The second-order valence-electron chi connectivity index (χ2n) is 6.16. The fourth-order valence-electron chi connectivity index (χ4n) is 2.95. The molecule has 1 aromatic carbocycles. The molecule has 2 atom stereocenters. The molecule has 0 aliphatic carbocycles. The summed E-state index contributed by atoms with van der Waals surface area (Å²) in [5.41, 5.74) is 5.66. The number of carbonyl (C=O) groups excluding carboxylic acids is 1. The molecule has 2 rings (SSSR count). The minimum absolute atomic E-state index is 0.0583. The summed E-state index contributed by atoms with van der Waals surface area (Å²) < 4.78 is 55.8. The molecular formula is C15H23N3O7S2. The van der Waals surface area contributed by atoms with Crippen LogP contribution in [0, 0.1) is 0 Å². The molecule has 1 heterocycles. The van der Waals surface area contributed by atoms with Crippen molar-refractivity contribution in [2.75, 3.05) is 37.0 Å². The monoisotopic (exact) mass is 421 g/mol. The fourth-order valence-corrected chi connectivity index (χ4v) is 6.54. The Morgan fingerprint density at radius 3 is 2.56 bits per heavy atom. The van der Waals surface area contributed by atoms with Gasteiger partial charge >= 0.3 is 0 Å². The molecule has 0 unspecified atom stereocenters. The Labute approximate surface area is 158 Å². The van der Waals surface area contributed by atoms with Crippen LogP contribution in [0.25, 0.3) is 0 Å². The van der Waals surface area contributed by atoms with Crippen LogP contribution in [0.2, 0.25) is 0 Å². The molecule has 1 fully saturated rings. The van der Waals surface area contributed by atoms with Crippen molar-refractivity contribution in [3.05, 3.63) is 18.2 Å². The third kappa shape index (κ3) is 4.76. The molecule has 1 aromatic rings. The van der Waals surface area contributed by atoms with Crippen molar-refractivity contribution in [1.82, 2.24) is 4.31 Å². The van der Waals surface area contributed by atoms with E-state index >= 15 is 0 Å². The molecule has 0 saturated carbocycles. The highest BCUT2D eigenvalue weighted by atomic mass is 32.2. The number of carbonyl (C=O) groups is 1. The molecule has 1 saturated heterocycles. The van der Waals surface area contributed by atoms with E-state index in [0.29, 0.717) is 0 Å². The second kappa shape index (κ2) is 8.10. The van der Waals surface area contributed by atoms with Crippen molar-refractivity contribution in [2.24, 2.45) is 5.73 Å². The summed E-state index contributed by atoms with van der Waals surface area (Å²) in [7, 11) is -6.38. The molecule has 0 bridgehead atoms. The minimum atomic E-state index is -4.19. The summed E-state index contributed by atoms with van der Waals surface area (Å²) in [6.45, 7) is 1.04. The summed E-state index contributed by atoms with van der Waals surface area (Å²) in [5.74, 6) is -1.15. The van der Waals surface area contributed by atoms with Crippen molar-refractivity contribution in [2.45, 2.75) is 24.0 Å². The first-order chi connectivity index (χ1) is 12.5. The summed E-state index contributed by atoms with van der Waals surface area (Å²) >= 11 is 0. The quantitative estimate of drug-likeness (QED) is 0.494. The third-order valence-electron chi connectivity index (χ3n) is 4.10. The normalized spacial score (nSPS) is 22.0. The van der Waals surface area contributed by atoms with Crippen LogP contribution in [-0.4, -0.2) is 76.0 Å². The van der Waals surface area contributed by atoms with Crippen molar-refractivity contribution in [3.8, 4) is 5.75 Å². The number of rotatable bonds is 7. The molecular weight excluding hydrogens is 398 g/mol. The number of sulfonamides is 1. The van der Waals surface area contributed by atoms with Crippen LogP contribution in [-0.2, 0) is 24.7 Å². The standard InChI is InChI=1S/C15H23N3O7S2/c1-10(19)17-12-7-11(3-4-15(12)25-2)27(23,24)18(6-5-16)13-8-26(21,22)9-14(13)20/h3-4,7,13-14,20H,5-6,8-9,16H2,1-2H3,(H,17,19)/t13-,14-/m0/s1. The van der Waals surface area contributed by atoms with Gasteiger partial charge in [-0.05, 0) is 18.2 Å². The number of hydrogen-bond donors (Lipinski definition) is 3. The maximum absolute atomic E-state index is 13.1. The number of nitrogens with one attached hydrogen (secondary N) is 1. The van der Waals surface area contributed by atoms with E-state index in [0.717, 1.165) is 4.31 Å². The highest BCUT2D eigenvalue weighted by Crippen LogP contribution is 2.31. The van der Waals surface area contributed by atoms with Crippen LogP contribution < -0.4 is 15.8 Å². The lowest BCUT2D eigenvalue weighted by Gasteiger charge is -2.29. The van der Waals surface area contributed by atoms with Gasteiger partial charge in [0, 0.05) is 20.0 Å². The molecule has 10 nitrogen and oxygen atoms in total. The van der Waals surface area contributed by atoms with Gasteiger partial charge in [-0.25, -0.2) is 16.8 Å². The fraction of sp³-hybridized carbons (Fsp3) is 0.533. The molecule has 1 amide bonds. The lowest BCUT2D eigenvalue weighted by molar-refractivity contribution is -0.114. The van der Waals surface area contributed by atoms with Gasteiger partial charge in [-0.3, -0.25) is 4.79 Å². The topological polar surface area (TPSA) is 156 Å². The van der Waals surface area contributed by atoms with E-state index in [9.17, 15) is 26.7 Å². The van der Waals surface area contributed by atoms with Gasteiger partial charge in [-0.1, -0.05) is 0 Å². The Bertz CT molecular complexity index is 915. The van der Waals surface area contributed by atoms with Gasteiger partial charge in [-0.15, -0.1) is 0 Å². The number of methoxy groups -OCH3 is 1. The first-order valence-electron chi connectivity index (χ1n) is 8.08. The molecule has 1 aliphatic rings. The predicted molar refractivity (Wildman–Crippen MR) is 98.7 cm³/mol. The Kier molecular flexibility index (Phi) is 6.47. The van der Waals surface area contributed by atoms with Crippen molar-refractivity contribution in [3.63, 3.8) is 0 Å². The first-order valence-corrected chi connectivity index (χ1v) is 11.3. The SMILES string of the molecule is COc1ccc(S(=O)(=O)N(CCN)[C@H]2CS(=O)(=O)C[C@@H]2O)cc1NC(C)=O. The van der Waals surface area contributed by atoms with Crippen LogP contribution in [0.5, 0.6) is 5.75 Å². The number of aliphatic hydroxyl groups excluding tert-OH is 1. The summed E-state index contributed by atoms with van der Waals surface area (Å²) in [4.78, 5) is 11.2. The molecule has 152 valence electrons. The maximum atomic E-state index is 13.1. The van der Waals surface area contributed by atoms with E-state index in [4.69, 9.17) is 10.5 Å². The van der Waals surface area contributed by atoms with Gasteiger partial charge in [0.2, 0.25) is 15.9 Å². The number of sulfone groups is 1. The van der Waals surface area contributed by atoms with Gasteiger partial charge in [0.15, 0.2) is 9.84 Å². The zero-order valence-corrected chi connectivity index (χ0v) is 16.6. The Morgan fingerprint density at radius 1 is 1.41 bits per heavy atom. The van der Waals surface area contributed by atoms with Gasteiger partial charge in [0.05, 0.1) is 41.3 Å². The van der Waals surface area contributed by atoms with Gasteiger partial charge in [-0.2, -0.15) is 4.31 Å². The lowest BCUT2D eigenvalue weighted by atomic mass is 10.2. The Morgan fingerprint density at radius 2 is 2.07 bits per heavy atom. The molecule has 0 radical (unpaired) electrons. The minimum Gasteiger partial charge on any atom is -0.495 e. The van der Waals surface area contributed by atoms with Gasteiger partial charge in [0.25, 0.3) is 0 Å². The highest BCUT2D eigenvalue weighted by Gasteiger charge is 2.44. The number of anilines is 1. The number of benzene rings is 1. The van der Waals surface area contributed by atoms with Crippen LogP contribution in [0.15, 0.2) is 23.1 Å². The number of aliphatic hydroxyl groups is 1. The van der Waals surface area contributed by atoms with E-state index in [-0.39, 0.29) is 29.4 Å². The Balaban J connectivity index is 2.49. The van der Waals surface area contributed by atoms with Crippen molar-refractivity contribution in [1.29, 1.82) is 0 Å². The number of ether oxygens (including phenoxy) is 1. The molecule has 0 aromatic heterocycles. The number of hydrogen-bond acceptors (Lipinski definition) is 8. The van der Waals surface area contributed by atoms with Crippen LogP contribution >= 0.6 is 0 Å². The smallest absolute Gasteiger partial charge is 0.243 e. The third-order valence-corrected chi connectivity index (χ3v) is 7.72. The zero-order valence-electron chi connectivity index (χ0n) is 15.0. The predicted octanol–water partition coefficient (Wildman–Crippen LogP) is -1.24. The van der Waals surface area contributed by atoms with E-state index in [2.05, 4.69) is 5.32 Å². The van der Waals surface area contributed by atoms with Gasteiger partial charge in [0.1, 0.15) is 5.75 Å². The molecule has 12 heteroatoms. The molecule has 1 aliphatic heterocycles. The molecule has 0 spiro atoms. The Hall–Kier alpha value is -1.73. The number of amides is 1. The van der Waals surface area contributed by atoms with Gasteiger partial charge < -0.3 is 20.9 Å². The number of nitrogens with zero attached hydrogens (tertiary/aromatic N) is 1. The average molecular weight is 421 g/mol. The van der Waals surface area contributed by atoms with E-state index in [1.54, 1.807) is 0 Å². The maximum Gasteiger partial charge on any atom is 0.243 e. The molecule has 4 N–H and O–H groups in total. The van der Waals surface area contributed by atoms with Crippen LogP contribution in [0.1, 0.15) is 6.92 Å². The molecule has 27 heavy (non-hydrogen) atoms. The average Bonchev–Trinajstić information content (AvgIpc) is 2.84. The lowest BCUT2D eigenvalue weighted by Crippen LogP contribution is -2.48. The highest BCUT2D eigenvalue weighted by molar-refractivity contribution is 7.92. The van der Waals surface area contributed by atoms with Crippen LogP contribution in [0.4, 0.5) is 5.69 Å². The van der Waals surface area contributed by atoms with E-state index < -0.39 is 49.4 Å². The zero-order chi connectivity index (χ0) is 20.4. The van der Waals surface area contributed by atoms with Crippen molar-refractivity contribution < 1.29 is 31.5 Å². The first kappa shape index (κ1) is 21.6. The summed E-state index contributed by atoms with van der Waals surface area (Å²) in [5, 5.41) is 12.6. The van der Waals surface area contributed by atoms with Crippen LogP contribution in [0.3, 0.4) is 0 Å². The summed E-state index contributed by atoms with van der Waals surface area (Å²) in [6, 6.07) is 2.74. The summed E-state index contributed by atoms with van der Waals surface area (Å²) in [6.07, 6.45) is -1.34. The van der Waals surface area contributed by atoms with E-state index in [1.807, 2.05) is 0 Å². The number of nitrogens with two attached hydrogens (primary N) is 1.